The lowest BCUT2D eigenvalue weighted by Gasteiger charge is -2.33. The third-order valence-corrected chi connectivity index (χ3v) is 4.68. The predicted molar refractivity (Wildman–Crippen MR) is 76.5 cm³/mol. The van der Waals surface area contributed by atoms with E-state index in [1.165, 1.54) is 6.92 Å². The minimum atomic E-state index is -1.06. The van der Waals surface area contributed by atoms with Crippen LogP contribution in [-0.2, 0) is 14.4 Å². The second-order valence-corrected chi connectivity index (χ2v) is 6.43. The van der Waals surface area contributed by atoms with Crippen molar-refractivity contribution in [1.82, 2.24) is 10.2 Å². The van der Waals surface area contributed by atoms with Crippen LogP contribution in [0.1, 0.15) is 46.0 Å². The van der Waals surface area contributed by atoms with Gasteiger partial charge in [0.2, 0.25) is 11.8 Å². The summed E-state index contributed by atoms with van der Waals surface area (Å²) in [6.45, 7) is 4.08. The van der Waals surface area contributed by atoms with Crippen molar-refractivity contribution < 1.29 is 19.5 Å². The number of likely N-dealkylation sites (tertiary alicyclic amines) is 1. The number of carboxylic acids is 1. The van der Waals surface area contributed by atoms with E-state index < -0.39 is 17.9 Å². The quantitative estimate of drug-likeness (QED) is 0.810. The van der Waals surface area contributed by atoms with Crippen LogP contribution < -0.4 is 5.32 Å². The maximum atomic E-state index is 12.1. The Morgan fingerprint density at radius 3 is 2.48 bits per heavy atom. The highest BCUT2D eigenvalue weighted by atomic mass is 16.4. The zero-order valence-corrected chi connectivity index (χ0v) is 12.7. The first-order valence-electron chi connectivity index (χ1n) is 7.71. The van der Waals surface area contributed by atoms with Gasteiger partial charge in [-0.2, -0.15) is 0 Å². The maximum Gasteiger partial charge on any atom is 0.325 e. The number of carboxylic acid groups (broad SMARTS) is 1. The summed E-state index contributed by atoms with van der Waals surface area (Å²) in [4.78, 5) is 36.8. The molecule has 1 aliphatic heterocycles. The molecule has 1 unspecified atom stereocenters. The standard InChI is InChI=1S/C15H24N2O4/c1-9-3-5-12(6-4-9)17-8-11(7-13(17)18)14(19)16-10(2)15(20)21/h9-12H,3-8H2,1-2H3,(H,16,19)(H,20,21)/t9?,10-,11?,12?/m0/s1. The van der Waals surface area contributed by atoms with Crippen molar-refractivity contribution in [2.24, 2.45) is 11.8 Å². The fourth-order valence-electron chi connectivity index (χ4n) is 3.21. The number of amides is 2. The molecule has 6 heteroatoms. The van der Waals surface area contributed by atoms with Crippen molar-refractivity contribution in [3.05, 3.63) is 0 Å². The molecule has 1 aliphatic carbocycles. The van der Waals surface area contributed by atoms with Gasteiger partial charge in [0.15, 0.2) is 0 Å². The average molecular weight is 296 g/mol. The Hall–Kier alpha value is -1.59. The molecule has 0 aromatic carbocycles. The first kappa shape index (κ1) is 15.8. The van der Waals surface area contributed by atoms with Gasteiger partial charge in [0, 0.05) is 19.0 Å². The van der Waals surface area contributed by atoms with Crippen LogP contribution >= 0.6 is 0 Å². The molecule has 2 N–H and O–H groups in total. The molecule has 118 valence electrons. The number of rotatable bonds is 4. The summed E-state index contributed by atoms with van der Waals surface area (Å²) in [6, 6.07) is -0.666. The van der Waals surface area contributed by atoms with Crippen molar-refractivity contribution in [2.75, 3.05) is 6.54 Å². The van der Waals surface area contributed by atoms with E-state index in [0.717, 1.165) is 31.6 Å². The third kappa shape index (κ3) is 3.74. The Bertz CT molecular complexity index is 429. The first-order valence-corrected chi connectivity index (χ1v) is 7.71. The number of nitrogens with one attached hydrogen (secondary N) is 1. The van der Waals surface area contributed by atoms with E-state index in [1.807, 2.05) is 4.90 Å². The lowest BCUT2D eigenvalue weighted by molar-refractivity contribution is -0.141. The average Bonchev–Trinajstić information content (AvgIpc) is 2.81. The van der Waals surface area contributed by atoms with Gasteiger partial charge in [-0.05, 0) is 38.5 Å². The number of nitrogens with zero attached hydrogens (tertiary/aromatic N) is 1. The lowest BCUT2D eigenvalue weighted by Crippen LogP contribution is -2.43. The van der Waals surface area contributed by atoms with E-state index in [4.69, 9.17) is 5.11 Å². The van der Waals surface area contributed by atoms with Gasteiger partial charge >= 0.3 is 5.97 Å². The van der Waals surface area contributed by atoms with E-state index in [0.29, 0.717) is 6.54 Å². The number of hydrogen-bond acceptors (Lipinski definition) is 3. The summed E-state index contributed by atoms with van der Waals surface area (Å²) in [5.74, 6) is -1.07. The van der Waals surface area contributed by atoms with Crippen molar-refractivity contribution >= 4 is 17.8 Å². The molecule has 0 aromatic heterocycles. The van der Waals surface area contributed by atoms with Crippen molar-refractivity contribution in [2.45, 2.75) is 58.0 Å². The second kappa shape index (κ2) is 6.45. The van der Waals surface area contributed by atoms with Gasteiger partial charge in [0.25, 0.3) is 0 Å². The van der Waals surface area contributed by atoms with Crippen LogP contribution in [0.2, 0.25) is 0 Å². The van der Waals surface area contributed by atoms with Crippen molar-refractivity contribution in [3.8, 4) is 0 Å². The highest BCUT2D eigenvalue weighted by Crippen LogP contribution is 2.31. The molecular formula is C15H24N2O4. The minimum absolute atomic E-state index is 0.0256. The Morgan fingerprint density at radius 1 is 1.29 bits per heavy atom. The highest BCUT2D eigenvalue weighted by Gasteiger charge is 2.39. The van der Waals surface area contributed by atoms with Gasteiger partial charge in [-0.25, -0.2) is 0 Å². The number of carbonyl (C=O) groups excluding carboxylic acids is 2. The smallest absolute Gasteiger partial charge is 0.325 e. The van der Waals surface area contributed by atoms with Crippen LogP contribution in [0.3, 0.4) is 0 Å². The summed E-state index contributed by atoms with van der Waals surface area (Å²) in [5, 5.41) is 11.3. The zero-order chi connectivity index (χ0) is 15.6. The van der Waals surface area contributed by atoms with Crippen LogP contribution in [0.5, 0.6) is 0 Å². The molecule has 2 fully saturated rings. The van der Waals surface area contributed by atoms with Gasteiger partial charge in [0.1, 0.15) is 6.04 Å². The Kier molecular flexibility index (Phi) is 4.85. The van der Waals surface area contributed by atoms with Crippen LogP contribution in [0, 0.1) is 11.8 Å². The molecule has 0 spiro atoms. The molecule has 0 radical (unpaired) electrons. The topological polar surface area (TPSA) is 86.7 Å². The molecule has 2 atom stereocenters. The van der Waals surface area contributed by atoms with E-state index >= 15 is 0 Å². The molecule has 0 bridgehead atoms. The summed E-state index contributed by atoms with van der Waals surface area (Å²) < 4.78 is 0. The fourth-order valence-corrected chi connectivity index (χ4v) is 3.21. The summed E-state index contributed by atoms with van der Waals surface area (Å²) >= 11 is 0. The molecule has 0 aromatic rings. The third-order valence-electron chi connectivity index (χ3n) is 4.68. The summed E-state index contributed by atoms with van der Waals surface area (Å²) in [7, 11) is 0. The van der Waals surface area contributed by atoms with E-state index in [1.54, 1.807) is 0 Å². The Labute approximate surface area is 124 Å². The van der Waals surface area contributed by atoms with Crippen LogP contribution in [-0.4, -0.2) is 46.4 Å². The van der Waals surface area contributed by atoms with Gasteiger partial charge in [-0.3, -0.25) is 14.4 Å². The lowest BCUT2D eigenvalue weighted by atomic mass is 9.87. The summed E-state index contributed by atoms with van der Waals surface area (Å²) in [6.07, 6.45) is 4.46. The van der Waals surface area contributed by atoms with Crippen LogP contribution in [0.4, 0.5) is 0 Å². The SMILES string of the molecule is CC1CCC(N2CC(C(=O)N[C@@H](C)C(=O)O)CC2=O)CC1. The van der Waals surface area contributed by atoms with E-state index in [9.17, 15) is 14.4 Å². The highest BCUT2D eigenvalue weighted by molar-refractivity contribution is 5.91. The van der Waals surface area contributed by atoms with Gasteiger partial charge in [-0.1, -0.05) is 6.92 Å². The molecule has 1 saturated carbocycles. The zero-order valence-electron chi connectivity index (χ0n) is 12.7. The number of carbonyl (C=O) groups is 3. The summed E-state index contributed by atoms with van der Waals surface area (Å²) in [5.41, 5.74) is 0. The second-order valence-electron chi connectivity index (χ2n) is 6.43. The van der Waals surface area contributed by atoms with Crippen LogP contribution in [0.15, 0.2) is 0 Å². The number of hydrogen-bond donors (Lipinski definition) is 2. The van der Waals surface area contributed by atoms with Crippen molar-refractivity contribution in [3.63, 3.8) is 0 Å². The molecule has 6 nitrogen and oxygen atoms in total. The molecule has 2 aliphatic rings. The number of aliphatic carboxylic acids is 1. The van der Waals surface area contributed by atoms with Gasteiger partial charge in [-0.15, -0.1) is 0 Å². The molecule has 1 saturated heterocycles. The Balaban J connectivity index is 1.90. The maximum absolute atomic E-state index is 12.1. The minimum Gasteiger partial charge on any atom is -0.480 e. The molecule has 21 heavy (non-hydrogen) atoms. The van der Waals surface area contributed by atoms with Crippen LogP contribution in [0.25, 0.3) is 0 Å². The van der Waals surface area contributed by atoms with E-state index in [2.05, 4.69) is 12.2 Å². The fraction of sp³-hybridized carbons (Fsp3) is 0.800. The Morgan fingerprint density at radius 2 is 1.90 bits per heavy atom. The molecule has 1 heterocycles. The molecule has 2 rings (SSSR count). The first-order chi connectivity index (χ1) is 9.88. The molecular weight excluding hydrogens is 272 g/mol. The normalized spacial score (nSPS) is 31.0. The molecule has 2 amide bonds. The predicted octanol–water partition coefficient (Wildman–Crippen LogP) is 1.00. The largest absolute Gasteiger partial charge is 0.480 e. The van der Waals surface area contributed by atoms with Crippen molar-refractivity contribution in [1.29, 1.82) is 0 Å². The van der Waals surface area contributed by atoms with E-state index in [-0.39, 0.29) is 24.3 Å². The van der Waals surface area contributed by atoms with Gasteiger partial charge < -0.3 is 15.3 Å². The monoisotopic (exact) mass is 296 g/mol. The van der Waals surface area contributed by atoms with Gasteiger partial charge in [0.05, 0.1) is 5.92 Å².